The molecule has 40 heavy (non-hydrogen) atoms. The van der Waals surface area contributed by atoms with Gasteiger partial charge in [0.2, 0.25) is 0 Å². The lowest BCUT2D eigenvalue weighted by molar-refractivity contribution is -0.0330. The molecule has 0 saturated carbocycles. The number of imidazole rings is 1. The number of anilines is 2. The number of carbonyl (C=O) groups is 1. The van der Waals surface area contributed by atoms with Gasteiger partial charge in [-0.15, -0.1) is 0 Å². The minimum Gasteiger partial charge on any atom is -0.495 e. The van der Waals surface area contributed by atoms with Crippen LogP contribution < -0.4 is 20.7 Å². The van der Waals surface area contributed by atoms with Crippen LogP contribution in [0.5, 0.6) is 5.75 Å². The Morgan fingerprint density at radius 2 is 2.02 bits per heavy atom. The zero-order valence-electron chi connectivity index (χ0n) is 22.1. The van der Waals surface area contributed by atoms with Crippen LogP contribution in [0, 0.1) is 11.8 Å². The third-order valence-electron chi connectivity index (χ3n) is 6.45. The fourth-order valence-electron chi connectivity index (χ4n) is 4.50. The average Bonchev–Trinajstić information content (AvgIpc) is 3.28. The Kier molecular flexibility index (Phi) is 9.67. The van der Waals surface area contributed by atoms with Crippen LogP contribution in [0.1, 0.15) is 28.9 Å². The number of piperidine rings is 1. The first kappa shape index (κ1) is 29.4. The van der Waals surface area contributed by atoms with E-state index in [9.17, 15) is 18.0 Å². The van der Waals surface area contributed by atoms with Crippen LogP contribution in [0.25, 0.3) is 5.65 Å². The number of ether oxygens (including phenoxy) is 1. The number of amides is 1. The van der Waals surface area contributed by atoms with Crippen molar-refractivity contribution in [2.24, 2.45) is 0 Å². The summed E-state index contributed by atoms with van der Waals surface area (Å²) in [7, 11) is 3.00. The van der Waals surface area contributed by atoms with Gasteiger partial charge in [0.05, 0.1) is 31.6 Å². The van der Waals surface area contributed by atoms with Crippen LogP contribution in [0.2, 0.25) is 0 Å². The first-order chi connectivity index (χ1) is 19.2. The summed E-state index contributed by atoms with van der Waals surface area (Å²) in [6, 6.07) is 8.51. The normalized spacial score (nSPS) is 14.4. The Morgan fingerprint density at radius 1 is 1.25 bits per heavy atom. The van der Waals surface area contributed by atoms with Crippen molar-refractivity contribution in [3.8, 4) is 17.6 Å². The lowest BCUT2D eigenvalue weighted by Gasteiger charge is -2.32. The molecule has 9 nitrogen and oxygen atoms in total. The molecule has 4 N–H and O–H groups in total. The molecule has 0 aliphatic carbocycles. The van der Waals surface area contributed by atoms with Crippen molar-refractivity contribution in [2.75, 3.05) is 57.6 Å². The number of likely N-dealkylation sites (tertiary alicyclic amines) is 1. The quantitative estimate of drug-likeness (QED) is 0.226. The molecule has 1 saturated heterocycles. The van der Waals surface area contributed by atoms with Gasteiger partial charge in [0.15, 0.2) is 5.65 Å². The maximum absolute atomic E-state index is 13.5. The first-order valence-corrected chi connectivity index (χ1v) is 13.5. The van der Waals surface area contributed by atoms with E-state index in [1.54, 1.807) is 36.5 Å². The standard InChI is InChI=1S/C27H31F3N6O3S/c1-31-25(38)18-7-8-20(23(17-18)39-2)32-11-3-5-22-26(40-27(28,29)30)36-12-4-6-21(24(36)34-22)33-19-9-13-35(14-10-19)15-16-37/h4,6-8,12,17,19,32-33,37H,9-11,13-16H2,1-2H3,(H,31,38). The van der Waals surface area contributed by atoms with E-state index in [0.29, 0.717) is 34.9 Å². The van der Waals surface area contributed by atoms with Gasteiger partial charge in [-0.3, -0.25) is 9.20 Å². The second kappa shape index (κ2) is 13.2. The highest BCUT2D eigenvalue weighted by atomic mass is 32.2. The number of rotatable bonds is 9. The van der Waals surface area contributed by atoms with Crippen LogP contribution >= 0.6 is 11.8 Å². The Bertz CT molecular complexity index is 1390. The molecule has 0 bridgehead atoms. The fourth-order valence-corrected chi connectivity index (χ4v) is 5.16. The molecule has 0 spiro atoms. The van der Waals surface area contributed by atoms with Crippen LogP contribution in [0.15, 0.2) is 41.6 Å². The summed E-state index contributed by atoms with van der Waals surface area (Å²) in [5, 5.41) is 18.1. The monoisotopic (exact) mass is 576 g/mol. The molecule has 2 aromatic heterocycles. The van der Waals surface area contributed by atoms with Gasteiger partial charge in [0, 0.05) is 56.2 Å². The number of aliphatic hydroxyl groups excluding tert-OH is 1. The second-order valence-electron chi connectivity index (χ2n) is 9.06. The molecule has 3 aromatic rings. The van der Waals surface area contributed by atoms with Crippen molar-refractivity contribution in [1.82, 2.24) is 19.6 Å². The van der Waals surface area contributed by atoms with E-state index in [2.05, 4.69) is 37.7 Å². The molecule has 0 unspecified atom stereocenters. The lowest BCUT2D eigenvalue weighted by atomic mass is 10.0. The van der Waals surface area contributed by atoms with Gasteiger partial charge in [-0.1, -0.05) is 5.92 Å². The number of hydrogen-bond donors (Lipinski definition) is 4. The minimum atomic E-state index is -4.52. The highest BCUT2D eigenvalue weighted by Gasteiger charge is 2.33. The fraction of sp³-hybridized carbons (Fsp3) is 0.407. The lowest BCUT2D eigenvalue weighted by Crippen LogP contribution is -2.40. The predicted molar refractivity (Wildman–Crippen MR) is 149 cm³/mol. The number of carbonyl (C=O) groups excluding carboxylic acids is 1. The van der Waals surface area contributed by atoms with Gasteiger partial charge in [-0.2, -0.15) is 13.2 Å². The predicted octanol–water partition coefficient (Wildman–Crippen LogP) is 3.65. The number of hydrogen-bond acceptors (Lipinski definition) is 8. The number of pyridine rings is 1. The molecule has 13 heteroatoms. The first-order valence-electron chi connectivity index (χ1n) is 12.7. The minimum absolute atomic E-state index is 0.0260. The Labute approximate surface area is 234 Å². The van der Waals surface area contributed by atoms with Gasteiger partial charge >= 0.3 is 5.51 Å². The molecule has 214 valence electrons. The van der Waals surface area contributed by atoms with Crippen molar-refractivity contribution in [3.05, 3.63) is 47.8 Å². The van der Waals surface area contributed by atoms with E-state index in [0.717, 1.165) is 25.9 Å². The summed E-state index contributed by atoms with van der Waals surface area (Å²) < 4.78 is 47.2. The number of fused-ring (bicyclic) bond motifs is 1. The number of alkyl halides is 3. The smallest absolute Gasteiger partial charge is 0.447 e. The van der Waals surface area contributed by atoms with Gasteiger partial charge in [0.25, 0.3) is 5.91 Å². The Morgan fingerprint density at radius 3 is 2.70 bits per heavy atom. The number of nitrogens with zero attached hydrogens (tertiary/aromatic N) is 3. The third-order valence-corrected chi connectivity index (χ3v) is 7.26. The summed E-state index contributed by atoms with van der Waals surface area (Å²) in [4.78, 5) is 18.5. The van der Waals surface area contributed by atoms with Crippen LogP contribution in [0.3, 0.4) is 0 Å². The zero-order chi connectivity index (χ0) is 28.7. The molecule has 1 aliphatic rings. The number of aliphatic hydroxyl groups is 1. The van der Waals surface area contributed by atoms with E-state index in [-0.39, 0.29) is 47.6 Å². The van der Waals surface area contributed by atoms with Crippen LogP contribution in [0.4, 0.5) is 24.5 Å². The van der Waals surface area contributed by atoms with Crippen LogP contribution in [-0.2, 0) is 0 Å². The molecular formula is C27H31F3N6O3S. The molecule has 0 atom stereocenters. The molecule has 1 fully saturated rings. The number of methoxy groups -OCH3 is 1. The largest absolute Gasteiger partial charge is 0.495 e. The van der Waals surface area contributed by atoms with Crippen molar-refractivity contribution in [1.29, 1.82) is 0 Å². The summed E-state index contributed by atoms with van der Waals surface area (Å²) in [6.45, 7) is 2.51. The average molecular weight is 577 g/mol. The summed E-state index contributed by atoms with van der Waals surface area (Å²) in [5.41, 5.74) is -2.48. The second-order valence-corrected chi connectivity index (χ2v) is 10.1. The molecule has 1 aromatic carbocycles. The molecule has 1 aliphatic heterocycles. The van der Waals surface area contributed by atoms with Crippen molar-refractivity contribution < 1.29 is 27.8 Å². The summed E-state index contributed by atoms with van der Waals surface area (Å²) in [5.74, 6) is 5.83. The molecule has 1 amide bonds. The van der Waals surface area contributed by atoms with E-state index in [4.69, 9.17) is 9.84 Å². The Hall–Kier alpha value is -3.60. The van der Waals surface area contributed by atoms with Crippen molar-refractivity contribution in [3.63, 3.8) is 0 Å². The molecular weight excluding hydrogens is 545 g/mol. The van der Waals surface area contributed by atoms with Gasteiger partial charge < -0.3 is 30.7 Å². The Balaban J connectivity index is 1.55. The van der Waals surface area contributed by atoms with Crippen molar-refractivity contribution >= 4 is 34.7 Å². The zero-order valence-corrected chi connectivity index (χ0v) is 23.0. The topological polar surface area (TPSA) is 103 Å². The number of nitrogens with one attached hydrogen (secondary N) is 3. The highest BCUT2D eigenvalue weighted by Crippen LogP contribution is 2.39. The van der Waals surface area contributed by atoms with E-state index >= 15 is 0 Å². The molecule has 4 rings (SSSR count). The maximum Gasteiger partial charge on any atom is 0.447 e. The van der Waals surface area contributed by atoms with E-state index < -0.39 is 5.51 Å². The molecule has 3 heterocycles. The van der Waals surface area contributed by atoms with Crippen molar-refractivity contribution in [2.45, 2.75) is 29.4 Å². The number of thioether (sulfide) groups is 1. The van der Waals surface area contributed by atoms with Gasteiger partial charge in [-0.05, 0) is 49.1 Å². The number of benzene rings is 1. The SMILES string of the molecule is CNC(=O)c1ccc(NCC#Cc2nc3c(NC4CCN(CCO)CC4)cccn3c2SC(F)(F)F)c(OC)c1. The maximum atomic E-state index is 13.5. The van der Waals surface area contributed by atoms with Gasteiger partial charge in [-0.25, -0.2) is 4.98 Å². The van der Waals surface area contributed by atoms with E-state index in [1.807, 2.05) is 0 Å². The summed E-state index contributed by atoms with van der Waals surface area (Å²) >= 11 is -0.247. The third kappa shape index (κ3) is 7.32. The summed E-state index contributed by atoms with van der Waals surface area (Å²) in [6.07, 6.45) is 3.24. The van der Waals surface area contributed by atoms with Gasteiger partial charge in [0.1, 0.15) is 16.5 Å². The van der Waals surface area contributed by atoms with Crippen LogP contribution in [-0.4, -0.2) is 83.8 Å². The van der Waals surface area contributed by atoms with E-state index in [1.165, 1.54) is 18.6 Å². The number of aromatic nitrogens is 2. The number of halogens is 3. The molecule has 0 radical (unpaired) electrons. The number of β-amino-alcohol motifs (C(OH)–C–C–N with tert-alkyl or cyclic N) is 1. The highest BCUT2D eigenvalue weighted by molar-refractivity contribution is 8.00.